The number of rotatable bonds is 2. The van der Waals surface area contributed by atoms with Crippen LogP contribution in [0.3, 0.4) is 0 Å². The molecule has 6 heteroatoms. The Bertz CT molecular complexity index is 657. The lowest BCUT2D eigenvalue weighted by Crippen LogP contribution is -2.08. The van der Waals surface area contributed by atoms with Crippen molar-refractivity contribution in [3.63, 3.8) is 0 Å². The normalized spacial score (nSPS) is 10.7. The molecule has 2 aromatic rings. The van der Waals surface area contributed by atoms with Gasteiger partial charge in [0.15, 0.2) is 5.78 Å². The van der Waals surface area contributed by atoms with E-state index in [4.69, 9.17) is 5.73 Å². The standard InChI is InChI=1S/C14H9BrF3NO/c1-6-2-11(17)8(3-10(6)16)14(20)7-4-13(19)12(18)5-9(7)15/h2-5H,19H2,1H3. The van der Waals surface area contributed by atoms with E-state index in [0.29, 0.717) is 0 Å². The minimum atomic E-state index is -0.844. The van der Waals surface area contributed by atoms with Crippen LogP contribution in [0.2, 0.25) is 0 Å². The van der Waals surface area contributed by atoms with E-state index in [-0.39, 0.29) is 21.3 Å². The van der Waals surface area contributed by atoms with Crippen LogP contribution < -0.4 is 5.73 Å². The fourth-order valence-corrected chi connectivity index (χ4v) is 2.20. The lowest BCUT2D eigenvalue weighted by atomic mass is 10.0. The Balaban J connectivity index is 2.57. The molecule has 2 N–H and O–H groups in total. The van der Waals surface area contributed by atoms with Crippen LogP contribution in [0.15, 0.2) is 28.7 Å². The number of nitrogen functional groups attached to an aromatic ring is 1. The second-order valence-corrected chi connectivity index (χ2v) is 5.12. The number of halogens is 4. The average molecular weight is 344 g/mol. The van der Waals surface area contributed by atoms with Gasteiger partial charge in [-0.1, -0.05) is 0 Å². The smallest absolute Gasteiger partial charge is 0.197 e. The third-order valence-electron chi connectivity index (χ3n) is 2.82. The van der Waals surface area contributed by atoms with Crippen molar-refractivity contribution in [1.82, 2.24) is 0 Å². The van der Waals surface area contributed by atoms with Crippen molar-refractivity contribution in [1.29, 1.82) is 0 Å². The van der Waals surface area contributed by atoms with Crippen molar-refractivity contribution in [2.24, 2.45) is 0 Å². The van der Waals surface area contributed by atoms with E-state index in [0.717, 1.165) is 24.3 Å². The van der Waals surface area contributed by atoms with Crippen molar-refractivity contribution in [2.45, 2.75) is 6.92 Å². The molecule has 0 saturated carbocycles. The summed E-state index contributed by atoms with van der Waals surface area (Å²) in [6.45, 7) is 1.39. The molecule has 2 rings (SSSR count). The summed E-state index contributed by atoms with van der Waals surface area (Å²) in [5, 5.41) is 0. The van der Waals surface area contributed by atoms with Gasteiger partial charge in [0.05, 0.1) is 11.3 Å². The third-order valence-corrected chi connectivity index (χ3v) is 3.48. The van der Waals surface area contributed by atoms with Crippen LogP contribution in [-0.2, 0) is 0 Å². The zero-order valence-corrected chi connectivity index (χ0v) is 11.9. The van der Waals surface area contributed by atoms with Crippen molar-refractivity contribution >= 4 is 27.4 Å². The number of hydrogen-bond acceptors (Lipinski definition) is 2. The number of benzene rings is 2. The van der Waals surface area contributed by atoms with Gasteiger partial charge in [-0.3, -0.25) is 4.79 Å². The second-order valence-electron chi connectivity index (χ2n) is 4.26. The molecule has 0 aromatic heterocycles. The summed E-state index contributed by atoms with van der Waals surface area (Å²) >= 11 is 3.00. The number of nitrogens with two attached hydrogens (primary N) is 1. The van der Waals surface area contributed by atoms with E-state index < -0.39 is 28.8 Å². The fraction of sp³-hybridized carbons (Fsp3) is 0.0714. The van der Waals surface area contributed by atoms with Crippen LogP contribution in [0.25, 0.3) is 0 Å². The van der Waals surface area contributed by atoms with Crippen LogP contribution in [0, 0.1) is 24.4 Å². The van der Waals surface area contributed by atoms with Crippen molar-refractivity contribution in [2.75, 3.05) is 5.73 Å². The highest BCUT2D eigenvalue weighted by Crippen LogP contribution is 2.26. The Hall–Kier alpha value is -1.82. The first-order valence-electron chi connectivity index (χ1n) is 5.56. The highest BCUT2D eigenvalue weighted by atomic mass is 79.9. The molecule has 0 fully saturated rings. The maximum absolute atomic E-state index is 13.8. The van der Waals surface area contributed by atoms with Crippen molar-refractivity contribution < 1.29 is 18.0 Å². The Morgan fingerprint density at radius 3 is 2.30 bits per heavy atom. The highest BCUT2D eigenvalue weighted by molar-refractivity contribution is 9.10. The van der Waals surface area contributed by atoms with Crippen LogP contribution in [0.4, 0.5) is 18.9 Å². The van der Waals surface area contributed by atoms with Gasteiger partial charge >= 0.3 is 0 Å². The van der Waals surface area contributed by atoms with Gasteiger partial charge in [0.1, 0.15) is 17.5 Å². The molecule has 20 heavy (non-hydrogen) atoms. The first-order valence-corrected chi connectivity index (χ1v) is 6.35. The second kappa shape index (κ2) is 5.28. The van der Waals surface area contributed by atoms with Crippen LogP contribution in [-0.4, -0.2) is 5.78 Å². The Labute approximate surface area is 121 Å². The van der Waals surface area contributed by atoms with Gasteiger partial charge in [-0.05, 0) is 52.7 Å². The van der Waals surface area contributed by atoms with Crippen LogP contribution in [0.5, 0.6) is 0 Å². The predicted octanol–water partition coefficient (Wildman–Crippen LogP) is 3.99. The number of aryl methyl sites for hydroxylation is 1. The summed E-state index contributed by atoms with van der Waals surface area (Å²) < 4.78 is 40.6. The lowest BCUT2D eigenvalue weighted by molar-refractivity contribution is 0.103. The summed E-state index contributed by atoms with van der Waals surface area (Å²) in [7, 11) is 0. The Morgan fingerprint density at radius 1 is 1.00 bits per heavy atom. The van der Waals surface area contributed by atoms with Gasteiger partial charge in [0.25, 0.3) is 0 Å². The van der Waals surface area contributed by atoms with Crippen molar-refractivity contribution in [3.05, 3.63) is 62.9 Å². The predicted molar refractivity (Wildman–Crippen MR) is 73.0 cm³/mol. The van der Waals surface area contributed by atoms with E-state index in [1.807, 2.05) is 0 Å². The Morgan fingerprint density at radius 2 is 1.65 bits per heavy atom. The third kappa shape index (κ3) is 2.56. The van der Waals surface area contributed by atoms with E-state index >= 15 is 0 Å². The molecule has 0 saturated heterocycles. The molecule has 0 atom stereocenters. The van der Waals surface area contributed by atoms with Gasteiger partial charge in [0, 0.05) is 10.0 Å². The minimum Gasteiger partial charge on any atom is -0.396 e. The van der Waals surface area contributed by atoms with Crippen molar-refractivity contribution in [3.8, 4) is 0 Å². The topological polar surface area (TPSA) is 43.1 Å². The monoisotopic (exact) mass is 343 g/mol. The molecule has 0 spiro atoms. The van der Waals surface area contributed by atoms with Crippen LogP contribution in [0.1, 0.15) is 21.5 Å². The Kier molecular flexibility index (Phi) is 3.85. The summed E-state index contributed by atoms with van der Waals surface area (Å²) in [5.41, 5.74) is 4.76. The molecule has 0 unspecified atom stereocenters. The largest absolute Gasteiger partial charge is 0.396 e. The maximum Gasteiger partial charge on any atom is 0.197 e. The number of hydrogen-bond donors (Lipinski definition) is 1. The molecule has 0 bridgehead atoms. The summed E-state index contributed by atoms with van der Waals surface area (Å²) in [6.07, 6.45) is 0. The molecule has 2 aromatic carbocycles. The minimum absolute atomic E-state index is 0.0361. The van der Waals surface area contributed by atoms with Gasteiger partial charge < -0.3 is 5.73 Å². The number of anilines is 1. The quantitative estimate of drug-likeness (QED) is 0.661. The number of carbonyl (C=O) groups excluding carboxylic acids is 1. The molecular formula is C14H9BrF3NO. The lowest BCUT2D eigenvalue weighted by Gasteiger charge is -2.08. The zero-order chi connectivity index (χ0) is 15.0. The van der Waals surface area contributed by atoms with E-state index in [1.165, 1.54) is 6.92 Å². The van der Waals surface area contributed by atoms with Gasteiger partial charge in [-0.2, -0.15) is 0 Å². The maximum atomic E-state index is 13.8. The molecular weight excluding hydrogens is 335 g/mol. The van der Waals surface area contributed by atoms with E-state index in [9.17, 15) is 18.0 Å². The number of ketones is 1. The average Bonchev–Trinajstić information content (AvgIpc) is 2.37. The molecule has 104 valence electrons. The molecule has 0 aliphatic rings. The summed E-state index contributed by atoms with van der Waals surface area (Å²) in [6, 6.07) is 3.84. The van der Waals surface area contributed by atoms with E-state index in [2.05, 4.69) is 15.9 Å². The summed E-state index contributed by atoms with van der Waals surface area (Å²) in [4.78, 5) is 12.2. The highest BCUT2D eigenvalue weighted by Gasteiger charge is 2.20. The van der Waals surface area contributed by atoms with Crippen LogP contribution >= 0.6 is 15.9 Å². The SMILES string of the molecule is Cc1cc(F)c(C(=O)c2cc(N)c(F)cc2Br)cc1F. The summed E-state index contributed by atoms with van der Waals surface area (Å²) in [5.74, 6) is -3.02. The molecule has 0 aliphatic heterocycles. The molecule has 2 nitrogen and oxygen atoms in total. The van der Waals surface area contributed by atoms with E-state index in [1.54, 1.807) is 0 Å². The zero-order valence-electron chi connectivity index (χ0n) is 10.3. The number of carbonyl (C=O) groups is 1. The molecule has 0 aliphatic carbocycles. The molecule has 0 heterocycles. The van der Waals surface area contributed by atoms with Gasteiger partial charge in [-0.15, -0.1) is 0 Å². The fourth-order valence-electron chi connectivity index (χ4n) is 1.71. The van der Waals surface area contributed by atoms with Gasteiger partial charge in [-0.25, -0.2) is 13.2 Å². The molecule has 0 radical (unpaired) electrons. The van der Waals surface area contributed by atoms with Gasteiger partial charge in [0.2, 0.25) is 0 Å². The first-order chi connectivity index (χ1) is 9.31. The first kappa shape index (κ1) is 14.6. The molecule has 0 amide bonds.